The second-order valence-electron chi connectivity index (χ2n) is 13.2. The molecular formula is C35H39ClFN5O4S. The fraction of sp³-hybridized carbons (Fsp3) is 0.400. The number of carbonyl (C=O) groups is 2. The molecule has 0 aromatic heterocycles. The molecule has 3 unspecified atom stereocenters. The summed E-state index contributed by atoms with van der Waals surface area (Å²) in [5, 5.41) is 26.0. The van der Waals surface area contributed by atoms with Crippen molar-refractivity contribution in [3.63, 3.8) is 0 Å². The number of rotatable bonds is 10. The summed E-state index contributed by atoms with van der Waals surface area (Å²) < 4.78 is 31.9. The van der Waals surface area contributed by atoms with Gasteiger partial charge < -0.3 is 25.2 Å². The van der Waals surface area contributed by atoms with Gasteiger partial charge in [-0.2, -0.15) is 5.26 Å². The zero-order valence-electron chi connectivity index (χ0n) is 26.6. The van der Waals surface area contributed by atoms with E-state index in [1.54, 1.807) is 48.5 Å². The summed E-state index contributed by atoms with van der Waals surface area (Å²) >= 11 is 4.38. The summed E-state index contributed by atoms with van der Waals surface area (Å²) in [6, 6.07) is 18.4. The average Bonchev–Trinajstić information content (AvgIpc) is 3.79. The lowest BCUT2D eigenvalue weighted by Gasteiger charge is -2.39. The van der Waals surface area contributed by atoms with Gasteiger partial charge >= 0.3 is 6.03 Å². The van der Waals surface area contributed by atoms with Crippen molar-refractivity contribution >= 4 is 46.3 Å². The molecule has 12 heteroatoms. The summed E-state index contributed by atoms with van der Waals surface area (Å²) in [6.07, 6.45) is 2.53. The molecule has 248 valence electrons. The number of aliphatic hydroxyl groups excluding tert-OH is 1. The highest BCUT2D eigenvalue weighted by molar-refractivity contribution is 7.90. The van der Waals surface area contributed by atoms with Crippen molar-refractivity contribution in [3.05, 3.63) is 94.3 Å². The maximum Gasteiger partial charge on any atom is 0.322 e. The lowest BCUT2D eigenvalue weighted by atomic mass is 9.79. The minimum absolute atomic E-state index is 0.0282. The molecule has 3 aromatic rings. The predicted molar refractivity (Wildman–Crippen MR) is 182 cm³/mol. The van der Waals surface area contributed by atoms with E-state index >= 15 is 4.39 Å². The van der Waals surface area contributed by atoms with Crippen molar-refractivity contribution in [1.29, 1.82) is 5.26 Å². The van der Waals surface area contributed by atoms with Gasteiger partial charge in [-0.15, -0.1) is 4.72 Å². The number of likely N-dealkylation sites (tertiary alicyclic amines) is 1. The lowest BCUT2D eigenvalue weighted by molar-refractivity contribution is -0.119. The number of urea groups is 1. The topological polar surface area (TPSA) is 141 Å². The molecule has 4 N–H and O–H groups in total. The van der Waals surface area contributed by atoms with Crippen molar-refractivity contribution < 1.29 is 23.6 Å². The number of hydrogen-bond donors (Lipinski definition) is 4. The summed E-state index contributed by atoms with van der Waals surface area (Å²) in [7, 11) is 0. The average molecular weight is 680 g/mol. The molecule has 4 atom stereocenters. The third-order valence-corrected chi connectivity index (χ3v) is 10.5. The van der Waals surface area contributed by atoms with Gasteiger partial charge in [-0.1, -0.05) is 42.6 Å². The molecule has 1 saturated heterocycles. The lowest BCUT2D eigenvalue weighted by Crippen LogP contribution is -2.52. The van der Waals surface area contributed by atoms with E-state index < -0.39 is 51.5 Å². The van der Waals surface area contributed by atoms with Crippen molar-refractivity contribution in [1.82, 2.24) is 9.62 Å². The maximum atomic E-state index is 15.5. The summed E-state index contributed by atoms with van der Waals surface area (Å²) in [5.74, 6) is -0.849. The number of β-amino-alcohol motifs (C(OH)–C–C–N with tert-alkyl or cyclic N) is 1. The first-order valence-corrected chi connectivity index (χ1v) is 17.1. The molecule has 1 aliphatic carbocycles. The minimum Gasteiger partial charge on any atom is -0.598 e. The molecule has 2 fully saturated rings. The number of anilines is 2. The first kappa shape index (κ1) is 34.7. The van der Waals surface area contributed by atoms with Crippen LogP contribution in [0.5, 0.6) is 0 Å². The van der Waals surface area contributed by atoms with Gasteiger partial charge in [0.05, 0.1) is 23.4 Å². The van der Waals surface area contributed by atoms with Crippen LogP contribution >= 0.6 is 11.6 Å². The molecular weight excluding hydrogens is 641 g/mol. The number of nitrogens with one attached hydrogen (secondary N) is 3. The van der Waals surface area contributed by atoms with Crippen molar-refractivity contribution in [2.24, 2.45) is 5.92 Å². The van der Waals surface area contributed by atoms with Crippen molar-refractivity contribution in [2.75, 3.05) is 17.2 Å². The zero-order valence-corrected chi connectivity index (χ0v) is 28.1. The predicted octanol–water partition coefficient (Wildman–Crippen LogP) is 6.44. The van der Waals surface area contributed by atoms with Gasteiger partial charge in [-0.3, -0.25) is 4.79 Å². The van der Waals surface area contributed by atoms with Gasteiger partial charge in [0.2, 0.25) is 5.91 Å². The van der Waals surface area contributed by atoms with E-state index in [1.165, 1.54) is 17.0 Å². The number of benzene rings is 3. The molecule has 0 bridgehead atoms. The Morgan fingerprint density at radius 2 is 1.79 bits per heavy atom. The van der Waals surface area contributed by atoms with Crippen LogP contribution in [0.2, 0.25) is 5.02 Å². The Kier molecular flexibility index (Phi) is 10.5. The highest BCUT2D eigenvalue weighted by atomic mass is 35.5. The zero-order chi connectivity index (χ0) is 33.9. The number of aliphatic hydroxyl groups is 1. The van der Waals surface area contributed by atoms with Crippen LogP contribution in [-0.2, 0) is 21.7 Å². The SMILES string of the molecule is CC(C)(C)[S@@+]([O-])NC(CCC1CC1)(c1cccc(C#N)c1)c1ccc(F)c(NC(=O)C2CC(O)CN2C(=O)Nc2ccc(Cl)cc2)c1. The molecule has 1 saturated carbocycles. The molecule has 1 heterocycles. The number of nitriles is 1. The van der Waals surface area contributed by atoms with E-state index in [1.807, 2.05) is 26.8 Å². The molecule has 9 nitrogen and oxygen atoms in total. The van der Waals surface area contributed by atoms with Crippen molar-refractivity contribution in [2.45, 2.75) is 75.3 Å². The Balaban J connectivity index is 1.48. The van der Waals surface area contributed by atoms with Crippen LogP contribution in [0, 0.1) is 23.1 Å². The molecule has 0 radical (unpaired) electrons. The van der Waals surface area contributed by atoms with Gasteiger partial charge in [0.15, 0.2) is 0 Å². The first-order chi connectivity index (χ1) is 22.3. The second-order valence-corrected chi connectivity index (χ2v) is 15.6. The van der Waals surface area contributed by atoms with E-state index in [0.717, 1.165) is 19.3 Å². The Morgan fingerprint density at radius 1 is 1.09 bits per heavy atom. The Bertz CT molecular complexity index is 1660. The van der Waals surface area contributed by atoms with Crippen LogP contribution in [0.25, 0.3) is 0 Å². The quantitative estimate of drug-likeness (QED) is 0.182. The largest absolute Gasteiger partial charge is 0.598 e. The van der Waals surface area contributed by atoms with E-state index in [2.05, 4.69) is 21.4 Å². The fourth-order valence-electron chi connectivity index (χ4n) is 5.73. The van der Waals surface area contributed by atoms with Crippen LogP contribution in [0.1, 0.15) is 69.6 Å². The highest BCUT2D eigenvalue weighted by Gasteiger charge is 2.44. The monoisotopic (exact) mass is 679 g/mol. The van der Waals surface area contributed by atoms with E-state index in [-0.39, 0.29) is 18.7 Å². The van der Waals surface area contributed by atoms with Crippen LogP contribution in [0.3, 0.4) is 0 Å². The standard InChI is InChI=1S/C35H39ClFN5O4S/c1-34(2,3)47(46)41-35(16-15-22-7-8-22,24-6-4-5-23(17-24)20-38)25-9-14-29(37)30(18-25)40-32(44)31-19-28(43)21-42(31)33(45)39-27-12-10-26(36)11-13-27/h4-6,9-14,17-18,22,28,31,41,43H,7-8,15-16,19,21H2,1-3H3,(H,39,45)(H,40,44)/t28?,31?,35?,47-/m1/s1. The fourth-order valence-corrected chi connectivity index (χ4v) is 6.82. The van der Waals surface area contributed by atoms with Gasteiger partial charge in [0, 0.05) is 35.0 Å². The minimum atomic E-state index is -1.57. The van der Waals surface area contributed by atoms with Crippen LogP contribution in [-0.4, -0.2) is 49.9 Å². The Labute approximate surface area is 282 Å². The molecule has 0 spiro atoms. The van der Waals surface area contributed by atoms with Crippen LogP contribution in [0.4, 0.5) is 20.6 Å². The van der Waals surface area contributed by atoms with E-state index in [4.69, 9.17) is 11.6 Å². The van der Waals surface area contributed by atoms with Crippen LogP contribution in [0.15, 0.2) is 66.7 Å². The number of halogens is 2. The summed E-state index contributed by atoms with van der Waals surface area (Å²) in [5.41, 5.74) is 0.932. The van der Waals surface area contributed by atoms with Crippen molar-refractivity contribution in [3.8, 4) is 6.07 Å². The molecule has 47 heavy (non-hydrogen) atoms. The molecule has 2 aliphatic rings. The summed E-state index contributed by atoms with van der Waals surface area (Å²) in [4.78, 5) is 28.0. The molecule has 5 rings (SSSR count). The maximum absolute atomic E-state index is 15.5. The third kappa shape index (κ3) is 8.26. The normalized spacial score (nSPS) is 19.8. The van der Waals surface area contributed by atoms with Gasteiger partial charge in [-0.05, 0) is 99.2 Å². The number of hydrogen-bond acceptors (Lipinski definition) is 6. The van der Waals surface area contributed by atoms with E-state index in [9.17, 15) is 24.5 Å². The molecule has 3 amide bonds. The number of amides is 3. The molecule has 1 aliphatic heterocycles. The smallest absolute Gasteiger partial charge is 0.322 e. The summed E-state index contributed by atoms with van der Waals surface area (Å²) in [6.45, 7) is 5.49. The number of nitrogens with zero attached hydrogens (tertiary/aromatic N) is 2. The molecule has 3 aromatic carbocycles. The Hall–Kier alpha value is -3.66. The van der Waals surface area contributed by atoms with Crippen LogP contribution < -0.4 is 15.4 Å². The second kappa shape index (κ2) is 14.2. The Morgan fingerprint density at radius 3 is 2.45 bits per heavy atom. The first-order valence-electron chi connectivity index (χ1n) is 15.6. The number of carbonyl (C=O) groups excluding carboxylic acids is 2. The van der Waals surface area contributed by atoms with Gasteiger partial charge in [-0.25, -0.2) is 9.18 Å². The third-order valence-electron chi connectivity index (χ3n) is 8.59. The van der Waals surface area contributed by atoms with Gasteiger partial charge in [0.1, 0.15) is 22.1 Å². The van der Waals surface area contributed by atoms with Gasteiger partial charge in [0.25, 0.3) is 0 Å². The van der Waals surface area contributed by atoms with E-state index in [0.29, 0.717) is 39.7 Å². The highest BCUT2D eigenvalue weighted by Crippen LogP contribution is 2.43.